The van der Waals surface area contributed by atoms with Gasteiger partial charge in [0.1, 0.15) is 6.04 Å². The highest BCUT2D eigenvalue weighted by Gasteiger charge is 2.31. The van der Waals surface area contributed by atoms with Gasteiger partial charge in [0.2, 0.25) is 0 Å². The van der Waals surface area contributed by atoms with Gasteiger partial charge in [-0.05, 0) is 6.07 Å². The zero-order valence-electron chi connectivity index (χ0n) is 7.95. The predicted octanol–water partition coefficient (Wildman–Crippen LogP) is 1.44. The van der Waals surface area contributed by atoms with Crippen LogP contribution in [-0.2, 0) is 4.79 Å². The normalized spacial score (nSPS) is 24.5. The SMILES string of the molecule is O=C(O)[C@H]1CSC(c2ccc([N+](=O)[O-])s2)N1. The number of carbonyl (C=O) groups is 1. The Morgan fingerprint density at radius 1 is 1.62 bits per heavy atom. The van der Waals surface area contributed by atoms with E-state index in [4.69, 9.17) is 5.11 Å². The van der Waals surface area contributed by atoms with E-state index in [2.05, 4.69) is 5.32 Å². The number of nitrogens with one attached hydrogen (secondary N) is 1. The molecule has 1 aromatic heterocycles. The number of thioether (sulfide) groups is 1. The lowest BCUT2D eigenvalue weighted by Gasteiger charge is -2.07. The Morgan fingerprint density at radius 2 is 2.38 bits per heavy atom. The second kappa shape index (κ2) is 4.40. The summed E-state index contributed by atoms with van der Waals surface area (Å²) in [6, 6.07) is 2.53. The van der Waals surface area contributed by atoms with Crippen LogP contribution in [0, 0.1) is 10.1 Å². The monoisotopic (exact) mass is 260 g/mol. The van der Waals surface area contributed by atoms with Crippen LogP contribution in [0.15, 0.2) is 12.1 Å². The molecule has 0 aromatic carbocycles. The Balaban J connectivity index is 2.08. The van der Waals surface area contributed by atoms with Gasteiger partial charge < -0.3 is 5.11 Å². The smallest absolute Gasteiger partial charge is 0.324 e. The van der Waals surface area contributed by atoms with Gasteiger partial charge in [0.15, 0.2) is 0 Å². The van der Waals surface area contributed by atoms with E-state index < -0.39 is 16.9 Å². The molecule has 0 spiro atoms. The summed E-state index contributed by atoms with van der Waals surface area (Å²) in [4.78, 5) is 21.6. The number of nitrogens with zero attached hydrogens (tertiary/aromatic N) is 1. The van der Waals surface area contributed by atoms with Crippen molar-refractivity contribution in [1.29, 1.82) is 0 Å². The van der Waals surface area contributed by atoms with E-state index in [9.17, 15) is 14.9 Å². The van der Waals surface area contributed by atoms with Gasteiger partial charge in [-0.1, -0.05) is 11.3 Å². The van der Waals surface area contributed by atoms with Gasteiger partial charge >= 0.3 is 11.0 Å². The van der Waals surface area contributed by atoms with Crippen molar-refractivity contribution in [2.45, 2.75) is 11.4 Å². The minimum Gasteiger partial charge on any atom is -0.480 e. The summed E-state index contributed by atoms with van der Waals surface area (Å²) in [7, 11) is 0. The second-order valence-corrected chi connectivity index (χ2v) is 5.44. The maximum Gasteiger partial charge on any atom is 0.324 e. The average molecular weight is 260 g/mol. The van der Waals surface area contributed by atoms with Gasteiger partial charge in [0, 0.05) is 16.7 Å². The molecular formula is C8H8N2O4S2. The van der Waals surface area contributed by atoms with E-state index in [0.29, 0.717) is 5.75 Å². The van der Waals surface area contributed by atoms with Crippen LogP contribution in [-0.4, -0.2) is 27.8 Å². The van der Waals surface area contributed by atoms with E-state index in [0.717, 1.165) is 16.2 Å². The summed E-state index contributed by atoms with van der Waals surface area (Å²) in [6.45, 7) is 0. The lowest BCUT2D eigenvalue weighted by atomic mass is 10.3. The van der Waals surface area contributed by atoms with Crippen LogP contribution in [0.25, 0.3) is 0 Å². The highest BCUT2D eigenvalue weighted by atomic mass is 32.2. The van der Waals surface area contributed by atoms with Crippen molar-refractivity contribution in [3.8, 4) is 0 Å². The zero-order chi connectivity index (χ0) is 11.7. The van der Waals surface area contributed by atoms with E-state index in [1.165, 1.54) is 17.8 Å². The van der Waals surface area contributed by atoms with Crippen LogP contribution in [0.2, 0.25) is 0 Å². The Hall–Kier alpha value is -1.12. The molecule has 1 aliphatic rings. The zero-order valence-corrected chi connectivity index (χ0v) is 9.59. The van der Waals surface area contributed by atoms with E-state index in [1.54, 1.807) is 6.07 Å². The van der Waals surface area contributed by atoms with Crippen molar-refractivity contribution < 1.29 is 14.8 Å². The van der Waals surface area contributed by atoms with E-state index in [-0.39, 0.29) is 10.4 Å². The molecular weight excluding hydrogens is 252 g/mol. The molecule has 2 rings (SSSR count). The molecule has 6 nitrogen and oxygen atoms in total. The third kappa shape index (κ3) is 2.18. The lowest BCUT2D eigenvalue weighted by molar-refractivity contribution is -0.380. The molecule has 0 radical (unpaired) electrons. The molecule has 8 heteroatoms. The number of rotatable bonds is 3. The van der Waals surface area contributed by atoms with Crippen LogP contribution in [0.3, 0.4) is 0 Å². The third-order valence-electron chi connectivity index (χ3n) is 2.13. The molecule has 1 saturated heterocycles. The maximum absolute atomic E-state index is 10.7. The first-order chi connectivity index (χ1) is 7.58. The highest BCUT2D eigenvalue weighted by molar-refractivity contribution is 7.99. The van der Waals surface area contributed by atoms with Gasteiger partial charge in [-0.15, -0.1) is 11.8 Å². The molecule has 0 amide bonds. The number of nitro groups is 1. The number of carboxylic acid groups (broad SMARTS) is 1. The fourth-order valence-electron chi connectivity index (χ4n) is 1.36. The Kier molecular flexibility index (Phi) is 3.13. The first-order valence-electron chi connectivity index (χ1n) is 4.42. The fraction of sp³-hybridized carbons (Fsp3) is 0.375. The van der Waals surface area contributed by atoms with Crippen LogP contribution in [0.1, 0.15) is 10.3 Å². The van der Waals surface area contributed by atoms with Crippen molar-refractivity contribution in [2.75, 3.05) is 5.75 Å². The van der Waals surface area contributed by atoms with Crippen molar-refractivity contribution in [2.24, 2.45) is 0 Å². The topological polar surface area (TPSA) is 92.5 Å². The Bertz CT molecular complexity index is 433. The summed E-state index contributed by atoms with van der Waals surface area (Å²) >= 11 is 2.53. The summed E-state index contributed by atoms with van der Waals surface area (Å²) in [5.41, 5.74) is 0. The van der Waals surface area contributed by atoms with E-state index in [1.807, 2.05) is 0 Å². The molecule has 0 saturated carbocycles. The quantitative estimate of drug-likeness (QED) is 0.631. The summed E-state index contributed by atoms with van der Waals surface area (Å²) < 4.78 is 0. The number of carboxylic acids is 1. The van der Waals surface area contributed by atoms with Crippen LogP contribution in [0.5, 0.6) is 0 Å². The molecule has 2 atom stereocenters. The molecule has 2 heterocycles. The molecule has 86 valence electrons. The molecule has 1 unspecified atom stereocenters. The molecule has 16 heavy (non-hydrogen) atoms. The summed E-state index contributed by atoms with van der Waals surface area (Å²) in [5, 5.41) is 22.1. The lowest BCUT2D eigenvalue weighted by Crippen LogP contribution is -2.33. The predicted molar refractivity (Wildman–Crippen MR) is 60.7 cm³/mol. The van der Waals surface area contributed by atoms with Crippen molar-refractivity contribution in [3.63, 3.8) is 0 Å². The van der Waals surface area contributed by atoms with Crippen molar-refractivity contribution in [1.82, 2.24) is 5.32 Å². The highest BCUT2D eigenvalue weighted by Crippen LogP contribution is 2.38. The standard InChI is InChI=1S/C8H8N2O4S2/c11-8(12)4-3-15-7(9-4)5-1-2-6(16-5)10(13)14/h1-2,4,7,9H,3H2,(H,11,12)/t4-,7?/m1/s1. The molecule has 1 fully saturated rings. The minimum absolute atomic E-state index is 0.0798. The molecule has 1 aromatic rings. The molecule has 0 bridgehead atoms. The summed E-state index contributed by atoms with van der Waals surface area (Å²) in [6.07, 6.45) is 0. The number of thiophene rings is 1. The molecule has 2 N–H and O–H groups in total. The molecule has 1 aliphatic heterocycles. The molecule has 0 aliphatic carbocycles. The van der Waals surface area contributed by atoms with Gasteiger partial charge in [0.05, 0.1) is 10.3 Å². The fourth-order valence-corrected chi connectivity index (χ4v) is 3.60. The van der Waals surface area contributed by atoms with Crippen molar-refractivity contribution >= 4 is 34.1 Å². The number of aliphatic carboxylic acids is 1. The minimum atomic E-state index is -0.888. The van der Waals surface area contributed by atoms with E-state index >= 15 is 0 Å². The van der Waals surface area contributed by atoms with Gasteiger partial charge in [-0.3, -0.25) is 20.2 Å². The van der Waals surface area contributed by atoms with Gasteiger partial charge in [-0.25, -0.2) is 0 Å². The van der Waals surface area contributed by atoms with Gasteiger partial charge in [0.25, 0.3) is 0 Å². The maximum atomic E-state index is 10.7. The van der Waals surface area contributed by atoms with Crippen LogP contribution < -0.4 is 5.32 Å². The number of hydrogen-bond acceptors (Lipinski definition) is 6. The second-order valence-electron chi connectivity index (χ2n) is 3.20. The van der Waals surface area contributed by atoms with Crippen LogP contribution >= 0.6 is 23.1 Å². The Labute approximate surface area is 98.8 Å². The van der Waals surface area contributed by atoms with Crippen LogP contribution in [0.4, 0.5) is 5.00 Å². The van der Waals surface area contributed by atoms with Crippen molar-refractivity contribution in [3.05, 3.63) is 27.1 Å². The average Bonchev–Trinajstić information content (AvgIpc) is 2.86. The first kappa shape index (κ1) is 11.4. The number of hydrogen-bond donors (Lipinski definition) is 2. The third-order valence-corrected chi connectivity index (χ3v) is 4.63. The van der Waals surface area contributed by atoms with Gasteiger partial charge in [-0.2, -0.15) is 0 Å². The summed E-state index contributed by atoms with van der Waals surface area (Å²) in [5.74, 6) is -0.410. The Morgan fingerprint density at radius 3 is 2.88 bits per heavy atom. The first-order valence-corrected chi connectivity index (χ1v) is 6.29. The largest absolute Gasteiger partial charge is 0.480 e.